The topological polar surface area (TPSA) is 90.4 Å². The molecule has 0 aliphatic heterocycles. The number of carbonyl (C=O) groups excluding carboxylic acids is 1. The Labute approximate surface area is 108 Å². The molecule has 0 saturated carbocycles. The Balaban J connectivity index is 2.38. The number of nitrogen functional groups attached to an aromatic ring is 1. The molecule has 0 heterocycles. The van der Waals surface area contributed by atoms with E-state index >= 15 is 0 Å². The number of nitrogens with one attached hydrogen (secondary N) is 1. The second kappa shape index (κ2) is 6.80. The Morgan fingerprint density at radius 3 is 2.88 bits per heavy atom. The third kappa shape index (κ3) is 4.78. The van der Waals surface area contributed by atoms with Crippen LogP contribution in [0.2, 0.25) is 0 Å². The zero-order valence-electron chi connectivity index (χ0n) is 9.15. The zero-order valence-corrected chi connectivity index (χ0v) is 10.7. The molecule has 1 rings (SSSR count). The molecule has 17 heavy (non-hydrogen) atoms. The van der Waals surface area contributed by atoms with Gasteiger partial charge in [-0.25, -0.2) is 4.79 Å². The van der Waals surface area contributed by atoms with Crippen molar-refractivity contribution in [1.29, 1.82) is 0 Å². The number of anilines is 2. The third-order valence-corrected chi connectivity index (χ3v) is 2.59. The molecule has 0 fully saturated rings. The molecule has 0 saturated heterocycles. The fraction of sp³-hybridized carbons (Fsp3) is 0.182. The molecule has 1 amide bonds. The van der Waals surface area contributed by atoms with E-state index in [1.165, 1.54) is 0 Å². The number of nitrogens with two attached hydrogens (primary N) is 2. The molecular formula is C11H14BrN3O2. The van der Waals surface area contributed by atoms with Gasteiger partial charge in [-0.1, -0.05) is 12.1 Å². The molecule has 0 aromatic heterocycles. The Hall–Kier alpha value is -1.69. The van der Waals surface area contributed by atoms with Gasteiger partial charge in [0.15, 0.2) is 0 Å². The largest absolute Gasteiger partial charge is 0.445 e. The lowest BCUT2D eigenvalue weighted by atomic mass is 10.2. The summed E-state index contributed by atoms with van der Waals surface area (Å²) in [5.74, 6) is 0. The fourth-order valence-corrected chi connectivity index (χ4v) is 1.69. The van der Waals surface area contributed by atoms with Gasteiger partial charge < -0.3 is 21.5 Å². The van der Waals surface area contributed by atoms with Crippen LogP contribution >= 0.6 is 15.9 Å². The van der Waals surface area contributed by atoms with Crippen LogP contribution in [0.3, 0.4) is 0 Å². The first-order chi connectivity index (χ1) is 8.11. The highest BCUT2D eigenvalue weighted by Gasteiger charge is 2.01. The molecule has 0 unspecified atom stereocenters. The van der Waals surface area contributed by atoms with Crippen molar-refractivity contribution in [2.24, 2.45) is 5.73 Å². The van der Waals surface area contributed by atoms with E-state index in [0.717, 1.165) is 10.2 Å². The minimum absolute atomic E-state index is 0.169. The van der Waals surface area contributed by atoms with Gasteiger partial charge in [0.2, 0.25) is 0 Å². The van der Waals surface area contributed by atoms with Gasteiger partial charge in [0.05, 0.1) is 11.4 Å². The summed E-state index contributed by atoms with van der Waals surface area (Å²) in [6, 6.07) is 5.58. The number of hydrogen-bond donors (Lipinski definition) is 3. The Morgan fingerprint density at radius 2 is 2.24 bits per heavy atom. The van der Waals surface area contributed by atoms with E-state index in [1.807, 2.05) is 24.3 Å². The van der Waals surface area contributed by atoms with Gasteiger partial charge in [-0.15, -0.1) is 0 Å². The van der Waals surface area contributed by atoms with Gasteiger partial charge in [-0.2, -0.15) is 0 Å². The molecule has 0 aliphatic carbocycles. The minimum atomic E-state index is -0.780. The van der Waals surface area contributed by atoms with E-state index in [-0.39, 0.29) is 6.61 Å². The molecule has 0 radical (unpaired) electrons. The maximum Gasteiger partial charge on any atom is 0.404 e. The quantitative estimate of drug-likeness (QED) is 0.573. The summed E-state index contributed by atoms with van der Waals surface area (Å²) in [4.78, 5) is 10.3. The second-order valence-corrected chi connectivity index (χ2v) is 4.04. The van der Waals surface area contributed by atoms with Gasteiger partial charge in [0, 0.05) is 11.0 Å². The Morgan fingerprint density at radius 1 is 1.47 bits per heavy atom. The summed E-state index contributed by atoms with van der Waals surface area (Å²) in [6.07, 6.45) is 2.74. The van der Waals surface area contributed by atoms with Crippen molar-refractivity contribution in [2.75, 3.05) is 24.2 Å². The summed E-state index contributed by atoms with van der Waals surface area (Å²) in [5.41, 5.74) is 12.1. The number of hydrogen-bond acceptors (Lipinski definition) is 4. The highest BCUT2D eigenvalue weighted by atomic mass is 79.9. The van der Waals surface area contributed by atoms with Crippen LogP contribution in [0, 0.1) is 0 Å². The van der Waals surface area contributed by atoms with Crippen molar-refractivity contribution in [1.82, 2.24) is 0 Å². The summed E-state index contributed by atoms with van der Waals surface area (Å²) < 4.78 is 5.43. The number of amides is 1. The predicted octanol–water partition coefficient (Wildman–Crippen LogP) is 2.09. The number of carbonyl (C=O) groups is 1. The van der Waals surface area contributed by atoms with Crippen molar-refractivity contribution in [3.63, 3.8) is 0 Å². The third-order valence-electron chi connectivity index (χ3n) is 1.93. The Kier molecular flexibility index (Phi) is 5.35. The molecule has 6 heteroatoms. The van der Waals surface area contributed by atoms with Crippen molar-refractivity contribution in [2.45, 2.75) is 0 Å². The molecule has 0 bridgehead atoms. The van der Waals surface area contributed by atoms with Gasteiger partial charge in [0.25, 0.3) is 0 Å². The highest BCUT2D eigenvalue weighted by Crippen LogP contribution is 2.27. The summed E-state index contributed by atoms with van der Waals surface area (Å²) in [5, 5.41) is 3.14. The van der Waals surface area contributed by atoms with Crippen LogP contribution in [0.25, 0.3) is 0 Å². The number of benzene rings is 1. The van der Waals surface area contributed by atoms with Crippen molar-refractivity contribution < 1.29 is 9.53 Å². The lowest BCUT2D eigenvalue weighted by molar-refractivity contribution is 0.169. The number of rotatable bonds is 5. The van der Waals surface area contributed by atoms with E-state index in [4.69, 9.17) is 11.5 Å². The molecular weight excluding hydrogens is 286 g/mol. The monoisotopic (exact) mass is 299 g/mol. The molecule has 5 N–H and O–H groups in total. The smallest absolute Gasteiger partial charge is 0.404 e. The van der Waals surface area contributed by atoms with Crippen LogP contribution in [-0.2, 0) is 4.74 Å². The molecule has 0 atom stereocenters. The maximum absolute atomic E-state index is 10.3. The number of ether oxygens (including phenoxy) is 1. The van der Waals surface area contributed by atoms with E-state index in [0.29, 0.717) is 12.2 Å². The Bertz CT molecular complexity index is 401. The van der Waals surface area contributed by atoms with Crippen LogP contribution in [0.4, 0.5) is 16.2 Å². The van der Waals surface area contributed by atoms with Gasteiger partial charge in [-0.3, -0.25) is 0 Å². The van der Waals surface area contributed by atoms with Crippen molar-refractivity contribution >= 4 is 33.4 Å². The summed E-state index contributed by atoms with van der Waals surface area (Å²) in [6.45, 7) is 0.747. The first kappa shape index (κ1) is 13.4. The molecule has 5 nitrogen and oxygen atoms in total. The average Bonchev–Trinajstić information content (AvgIpc) is 2.26. The van der Waals surface area contributed by atoms with E-state index in [9.17, 15) is 4.79 Å². The first-order valence-electron chi connectivity index (χ1n) is 4.96. The maximum atomic E-state index is 10.3. The highest BCUT2D eigenvalue weighted by molar-refractivity contribution is 9.10. The summed E-state index contributed by atoms with van der Waals surface area (Å²) in [7, 11) is 0. The van der Waals surface area contributed by atoms with E-state index < -0.39 is 6.09 Å². The van der Waals surface area contributed by atoms with Crippen LogP contribution in [-0.4, -0.2) is 19.2 Å². The van der Waals surface area contributed by atoms with E-state index in [2.05, 4.69) is 26.0 Å². The van der Waals surface area contributed by atoms with Crippen LogP contribution in [0.1, 0.15) is 0 Å². The number of halogens is 1. The molecule has 1 aromatic carbocycles. The number of para-hydroxylation sites is 1. The lowest BCUT2D eigenvalue weighted by Crippen LogP contribution is -2.12. The standard InChI is InChI=1S/C11H14BrN3O2/c12-8-4-3-5-9(13)10(8)15-6-1-2-7-17-11(14)16/h1-5,15H,6-7,13H2,(H2,14,16)/b2-1+. The predicted molar refractivity (Wildman–Crippen MR) is 71.7 cm³/mol. The average molecular weight is 300 g/mol. The normalized spacial score (nSPS) is 10.4. The summed E-state index contributed by atoms with van der Waals surface area (Å²) >= 11 is 3.40. The SMILES string of the molecule is NC(=O)OC/C=C/CNc1c(N)cccc1Br. The van der Waals surface area contributed by atoms with Crippen LogP contribution in [0.5, 0.6) is 0 Å². The van der Waals surface area contributed by atoms with Crippen LogP contribution in [0.15, 0.2) is 34.8 Å². The molecule has 1 aromatic rings. The lowest BCUT2D eigenvalue weighted by Gasteiger charge is -2.09. The van der Waals surface area contributed by atoms with Crippen molar-refractivity contribution in [3.05, 3.63) is 34.8 Å². The number of primary amides is 1. The second-order valence-electron chi connectivity index (χ2n) is 3.19. The van der Waals surface area contributed by atoms with Crippen LogP contribution < -0.4 is 16.8 Å². The molecule has 0 spiro atoms. The fourth-order valence-electron chi connectivity index (χ4n) is 1.17. The van der Waals surface area contributed by atoms with Gasteiger partial charge >= 0.3 is 6.09 Å². The minimum Gasteiger partial charge on any atom is -0.445 e. The first-order valence-corrected chi connectivity index (χ1v) is 5.75. The molecule has 92 valence electrons. The zero-order chi connectivity index (χ0) is 12.7. The van der Waals surface area contributed by atoms with Crippen molar-refractivity contribution in [3.8, 4) is 0 Å². The van der Waals surface area contributed by atoms with Gasteiger partial charge in [-0.05, 0) is 34.1 Å². The molecule has 0 aliphatic rings. The van der Waals surface area contributed by atoms with Gasteiger partial charge in [0.1, 0.15) is 6.61 Å². The van der Waals surface area contributed by atoms with E-state index in [1.54, 1.807) is 6.08 Å².